The van der Waals surface area contributed by atoms with Gasteiger partial charge in [-0.3, -0.25) is 0 Å². The smallest absolute Gasteiger partial charge is 0.329 e. The Morgan fingerprint density at radius 3 is 2.60 bits per heavy atom. The number of piperidine rings is 1. The summed E-state index contributed by atoms with van der Waals surface area (Å²) in [6, 6.07) is 1.69. The highest BCUT2D eigenvalue weighted by atomic mass is 16.4. The van der Waals surface area contributed by atoms with E-state index in [4.69, 9.17) is 5.26 Å². The Morgan fingerprint density at radius 2 is 2.10 bits per heavy atom. The van der Waals surface area contributed by atoms with Crippen molar-refractivity contribution in [2.75, 3.05) is 13.1 Å². The molecule has 0 aromatic rings. The average Bonchev–Trinajstić information content (AvgIpc) is 2.38. The maximum absolute atomic E-state index is 12.6. The molecular formula is C14H23N3O3. The summed E-state index contributed by atoms with van der Waals surface area (Å²) in [6.45, 7) is 6.14. The van der Waals surface area contributed by atoms with Gasteiger partial charge in [0.1, 0.15) is 5.54 Å². The third kappa shape index (κ3) is 3.21. The van der Waals surface area contributed by atoms with E-state index in [9.17, 15) is 14.7 Å². The lowest BCUT2D eigenvalue weighted by Gasteiger charge is -2.44. The van der Waals surface area contributed by atoms with Gasteiger partial charge in [-0.05, 0) is 40.0 Å². The van der Waals surface area contributed by atoms with Crippen LogP contribution in [0.2, 0.25) is 0 Å². The standard InChI is InChI=1S/C14H23N3O3/c1-11(2)16(9-6-8-15)13(20)17-10-5-4-7-14(17,3)12(18)19/h11H,4-7,9-10H2,1-3H3,(H,18,19). The maximum atomic E-state index is 12.6. The lowest BCUT2D eigenvalue weighted by Crippen LogP contribution is -2.61. The zero-order chi connectivity index (χ0) is 15.3. The summed E-state index contributed by atoms with van der Waals surface area (Å²) >= 11 is 0. The third-order valence-corrected chi connectivity index (χ3v) is 3.92. The van der Waals surface area contributed by atoms with Crippen LogP contribution in [0.5, 0.6) is 0 Å². The van der Waals surface area contributed by atoms with E-state index in [0.717, 1.165) is 12.8 Å². The Balaban J connectivity index is 2.96. The number of nitriles is 1. The van der Waals surface area contributed by atoms with Crippen LogP contribution in [0.15, 0.2) is 0 Å². The van der Waals surface area contributed by atoms with Gasteiger partial charge in [-0.25, -0.2) is 9.59 Å². The number of rotatable bonds is 4. The molecule has 1 N–H and O–H groups in total. The fourth-order valence-electron chi connectivity index (χ4n) is 2.55. The molecule has 1 saturated heterocycles. The molecule has 1 fully saturated rings. The van der Waals surface area contributed by atoms with Crippen molar-refractivity contribution in [1.29, 1.82) is 5.26 Å². The molecule has 0 saturated carbocycles. The molecule has 1 atom stereocenters. The summed E-state index contributed by atoms with van der Waals surface area (Å²) < 4.78 is 0. The summed E-state index contributed by atoms with van der Waals surface area (Å²) in [5, 5.41) is 18.1. The van der Waals surface area contributed by atoms with Crippen molar-refractivity contribution in [1.82, 2.24) is 9.80 Å². The molecule has 1 rings (SSSR count). The first kappa shape index (κ1) is 16.3. The minimum absolute atomic E-state index is 0.0594. The fourth-order valence-corrected chi connectivity index (χ4v) is 2.55. The van der Waals surface area contributed by atoms with Gasteiger partial charge < -0.3 is 14.9 Å². The van der Waals surface area contributed by atoms with Crippen molar-refractivity contribution in [3.8, 4) is 6.07 Å². The monoisotopic (exact) mass is 281 g/mol. The van der Waals surface area contributed by atoms with Crippen molar-refractivity contribution in [2.45, 2.75) is 58.0 Å². The van der Waals surface area contributed by atoms with Crippen LogP contribution in [-0.4, -0.2) is 51.6 Å². The number of hydrogen-bond donors (Lipinski definition) is 1. The normalized spacial score (nSPS) is 22.4. The molecule has 1 aliphatic rings. The molecule has 2 amide bonds. The van der Waals surface area contributed by atoms with Gasteiger partial charge in [-0.1, -0.05) is 0 Å². The third-order valence-electron chi connectivity index (χ3n) is 3.92. The van der Waals surface area contributed by atoms with Crippen LogP contribution in [0.25, 0.3) is 0 Å². The molecule has 1 aliphatic heterocycles. The van der Waals surface area contributed by atoms with Crippen LogP contribution in [-0.2, 0) is 4.79 Å². The summed E-state index contributed by atoms with van der Waals surface area (Å²) in [7, 11) is 0. The van der Waals surface area contributed by atoms with Crippen molar-refractivity contribution < 1.29 is 14.7 Å². The first-order chi connectivity index (χ1) is 9.34. The highest BCUT2D eigenvalue weighted by Crippen LogP contribution is 2.29. The van der Waals surface area contributed by atoms with Gasteiger partial charge in [-0.2, -0.15) is 5.26 Å². The lowest BCUT2D eigenvalue weighted by atomic mass is 9.88. The fraction of sp³-hybridized carbons (Fsp3) is 0.786. The Hall–Kier alpha value is -1.77. The van der Waals surface area contributed by atoms with E-state index in [-0.39, 0.29) is 18.5 Å². The maximum Gasteiger partial charge on any atom is 0.329 e. The molecule has 112 valence electrons. The predicted molar refractivity (Wildman–Crippen MR) is 74.1 cm³/mol. The van der Waals surface area contributed by atoms with Crippen molar-refractivity contribution in [3.05, 3.63) is 0 Å². The first-order valence-electron chi connectivity index (χ1n) is 7.03. The zero-order valence-electron chi connectivity index (χ0n) is 12.4. The van der Waals surface area contributed by atoms with E-state index in [1.165, 1.54) is 4.90 Å². The van der Waals surface area contributed by atoms with E-state index in [1.54, 1.807) is 11.8 Å². The first-order valence-corrected chi connectivity index (χ1v) is 7.03. The van der Waals surface area contributed by atoms with Gasteiger partial charge in [0, 0.05) is 19.1 Å². The largest absolute Gasteiger partial charge is 0.480 e. The van der Waals surface area contributed by atoms with E-state index < -0.39 is 11.5 Å². The molecule has 0 aromatic heterocycles. The van der Waals surface area contributed by atoms with E-state index in [0.29, 0.717) is 19.5 Å². The predicted octanol–water partition coefficient (Wildman–Crippen LogP) is 2.06. The molecule has 20 heavy (non-hydrogen) atoms. The summed E-state index contributed by atoms with van der Waals surface area (Å²) in [6.07, 6.45) is 2.35. The van der Waals surface area contributed by atoms with E-state index in [2.05, 4.69) is 0 Å². The van der Waals surface area contributed by atoms with Crippen molar-refractivity contribution in [2.24, 2.45) is 0 Å². The van der Waals surface area contributed by atoms with Gasteiger partial charge in [0.05, 0.1) is 12.5 Å². The lowest BCUT2D eigenvalue weighted by molar-refractivity contribution is -0.150. The Morgan fingerprint density at radius 1 is 1.45 bits per heavy atom. The van der Waals surface area contributed by atoms with Crippen molar-refractivity contribution in [3.63, 3.8) is 0 Å². The second kappa shape index (κ2) is 6.60. The second-order valence-corrected chi connectivity index (χ2v) is 5.67. The van der Waals surface area contributed by atoms with Gasteiger partial charge in [0.25, 0.3) is 0 Å². The molecule has 6 heteroatoms. The number of carbonyl (C=O) groups excluding carboxylic acids is 1. The number of amides is 2. The van der Waals surface area contributed by atoms with Gasteiger partial charge in [-0.15, -0.1) is 0 Å². The summed E-state index contributed by atoms with van der Waals surface area (Å²) in [4.78, 5) is 27.2. The number of nitrogens with zero attached hydrogens (tertiary/aromatic N) is 3. The number of likely N-dealkylation sites (tertiary alicyclic amines) is 1. The van der Waals surface area contributed by atoms with Crippen LogP contribution >= 0.6 is 0 Å². The van der Waals surface area contributed by atoms with Crippen LogP contribution < -0.4 is 0 Å². The molecular weight excluding hydrogens is 258 g/mol. The SMILES string of the molecule is CC(C)N(CCC#N)C(=O)N1CCCCC1(C)C(=O)O. The molecule has 0 spiro atoms. The molecule has 0 aromatic carbocycles. The second-order valence-electron chi connectivity index (χ2n) is 5.67. The van der Waals surface area contributed by atoms with Gasteiger partial charge in [0.15, 0.2) is 0 Å². The summed E-state index contributed by atoms with van der Waals surface area (Å²) in [5.74, 6) is -0.963. The molecule has 0 aliphatic carbocycles. The minimum atomic E-state index is -1.14. The van der Waals surface area contributed by atoms with Gasteiger partial charge in [0.2, 0.25) is 0 Å². The van der Waals surface area contributed by atoms with Crippen molar-refractivity contribution >= 4 is 12.0 Å². The Bertz CT molecular complexity index is 416. The van der Waals surface area contributed by atoms with E-state index >= 15 is 0 Å². The topological polar surface area (TPSA) is 84.6 Å². The molecule has 0 radical (unpaired) electrons. The minimum Gasteiger partial charge on any atom is -0.480 e. The Labute approximate surface area is 120 Å². The molecule has 6 nitrogen and oxygen atoms in total. The zero-order valence-corrected chi connectivity index (χ0v) is 12.4. The van der Waals surface area contributed by atoms with Gasteiger partial charge >= 0.3 is 12.0 Å². The van der Waals surface area contributed by atoms with Crippen LogP contribution in [0.1, 0.15) is 46.5 Å². The number of aliphatic carboxylic acids is 1. The number of urea groups is 1. The van der Waals surface area contributed by atoms with Crippen LogP contribution in [0.4, 0.5) is 4.79 Å². The average molecular weight is 281 g/mol. The highest BCUT2D eigenvalue weighted by Gasteiger charge is 2.45. The Kier molecular flexibility index (Phi) is 5.37. The molecule has 0 bridgehead atoms. The number of carbonyl (C=O) groups is 2. The molecule has 1 heterocycles. The molecule has 1 unspecified atom stereocenters. The highest BCUT2D eigenvalue weighted by molar-refractivity contribution is 5.86. The number of hydrogen-bond acceptors (Lipinski definition) is 3. The summed E-state index contributed by atoms with van der Waals surface area (Å²) in [5.41, 5.74) is -1.14. The quantitative estimate of drug-likeness (QED) is 0.854. The van der Waals surface area contributed by atoms with Crippen LogP contribution in [0, 0.1) is 11.3 Å². The van der Waals surface area contributed by atoms with Crippen LogP contribution in [0.3, 0.4) is 0 Å². The number of carboxylic acids is 1. The number of carboxylic acid groups (broad SMARTS) is 1. The van der Waals surface area contributed by atoms with E-state index in [1.807, 2.05) is 19.9 Å².